The Kier molecular flexibility index (Phi) is 14.7. The van der Waals surface area contributed by atoms with Gasteiger partial charge in [0.05, 0.1) is 11.4 Å². The summed E-state index contributed by atoms with van der Waals surface area (Å²) in [5.74, 6) is 2.11. The quantitative estimate of drug-likeness (QED) is 0.202. The number of amidine groups is 2. The Hall–Kier alpha value is -5.60. The average molecular weight is 1000 g/mol. The van der Waals surface area contributed by atoms with Gasteiger partial charge in [-0.2, -0.15) is 10.2 Å². The van der Waals surface area contributed by atoms with Crippen molar-refractivity contribution in [1.29, 1.82) is 0 Å². The van der Waals surface area contributed by atoms with Crippen LogP contribution in [0.3, 0.4) is 0 Å². The van der Waals surface area contributed by atoms with Gasteiger partial charge in [0.25, 0.3) is 17.8 Å². The highest BCUT2D eigenvalue weighted by molar-refractivity contribution is 6.76. The van der Waals surface area contributed by atoms with Crippen LogP contribution in [0.15, 0.2) is 34.5 Å². The average Bonchev–Trinajstić information content (AvgIpc) is 3.29. The van der Waals surface area contributed by atoms with E-state index >= 15 is 0 Å². The van der Waals surface area contributed by atoms with E-state index in [1.165, 1.54) is 35.5 Å². The number of hydrazone groups is 2. The van der Waals surface area contributed by atoms with Gasteiger partial charge in [0.1, 0.15) is 49.1 Å². The lowest BCUT2D eigenvalue weighted by Crippen LogP contribution is -2.65. The van der Waals surface area contributed by atoms with E-state index in [9.17, 15) is 14.4 Å². The van der Waals surface area contributed by atoms with Crippen molar-refractivity contribution in [2.75, 3.05) is 85.4 Å². The number of nitrogens with zero attached hydrogens (tertiary/aromatic N) is 8. The van der Waals surface area contributed by atoms with E-state index in [2.05, 4.69) is 88.5 Å². The van der Waals surface area contributed by atoms with Gasteiger partial charge in [-0.05, 0) is 142 Å². The number of ether oxygens (including phenoxy) is 4. The number of aliphatic carboxylic acids is 1. The van der Waals surface area contributed by atoms with Crippen molar-refractivity contribution in [3.8, 4) is 11.5 Å². The Balaban J connectivity index is 0.000000192. The number of carboxylic acids is 1. The second kappa shape index (κ2) is 20.1. The van der Waals surface area contributed by atoms with Crippen LogP contribution in [0.25, 0.3) is 0 Å². The van der Waals surface area contributed by atoms with Gasteiger partial charge in [0.15, 0.2) is 11.7 Å². The number of nitrogens with one attached hydrogen (secondary N) is 2. The number of fused-ring (bicyclic) bond motifs is 6. The molecule has 3 N–H and O–H groups in total. The number of likely N-dealkylation sites (tertiary alicyclic amines) is 1. The lowest BCUT2D eigenvalue weighted by atomic mass is 9.75. The SMILES string of the molecule is CC(=O)O.Cc1cc2c(cc1N1CCC13CCN(C(=O)OC(C)(C)C)CC3)N1C(=NN(COCC[Si](C)(C)C)C(=O)C1C)CO2.Cc1cc2c(cc1N1CCC13CCNCC3)N1C(=NNC(=O)C1C)CO2. The number of piperidine rings is 2. The van der Waals surface area contributed by atoms with Crippen molar-refractivity contribution in [1.82, 2.24) is 20.7 Å². The van der Waals surface area contributed by atoms with E-state index in [1.54, 1.807) is 0 Å². The standard InChI is InChI=1S/C30H47N5O5Si.C19H25N5O2.C2H4O2/c1-21-17-25-24(35-22(2)27(36)34(31-26(35)19-39-25)20-38-15-16-41(6,7)8)18-23(21)33-14-11-30(33)9-12-32(13-10-30)28(37)40-29(3,4)5;1-12-9-16-15(24-13(2)18(25)22-21-17(24)11-26-16)10-14(12)23-8-5-19(23)3-6-20-7-4-19;1-2(3)4/h17-18,22H,9-16,19-20H2,1-8H3;9-10,13,20H,3-8,11H2,1-2H3,(H,22,25);1H3,(H,3,4). The molecular weight excluding hydrogens is 925 g/mol. The van der Waals surface area contributed by atoms with Crippen molar-refractivity contribution in [3.05, 3.63) is 35.4 Å². The second-order valence-corrected chi connectivity index (χ2v) is 28.1. The molecule has 8 heterocycles. The van der Waals surface area contributed by atoms with E-state index in [1.807, 2.05) is 49.3 Å². The zero-order chi connectivity index (χ0) is 51.2. The lowest BCUT2D eigenvalue weighted by molar-refractivity contribution is -0.138. The molecule has 8 aliphatic rings. The third kappa shape index (κ3) is 10.8. The number of amides is 3. The van der Waals surface area contributed by atoms with Crippen molar-refractivity contribution >= 4 is 66.4 Å². The number of anilines is 4. The van der Waals surface area contributed by atoms with Crippen LogP contribution in [-0.2, 0) is 23.9 Å². The predicted molar refractivity (Wildman–Crippen MR) is 278 cm³/mol. The smallest absolute Gasteiger partial charge is 0.410 e. The summed E-state index contributed by atoms with van der Waals surface area (Å²) in [4.78, 5) is 58.1. The fourth-order valence-electron chi connectivity index (χ4n) is 10.9. The number of hydrogen-bond donors (Lipinski definition) is 3. The largest absolute Gasteiger partial charge is 0.483 e. The molecule has 3 amide bonds. The highest BCUT2D eigenvalue weighted by Crippen LogP contribution is 2.49. The zero-order valence-electron chi connectivity index (χ0n) is 43.8. The number of carboxylic acid groups (broad SMARTS) is 1. The molecule has 4 fully saturated rings. The number of carbonyl (C=O) groups is 4. The highest BCUT2D eigenvalue weighted by atomic mass is 28.3. The number of hydrogen-bond acceptors (Lipinski definition) is 15. The van der Waals surface area contributed by atoms with Gasteiger partial charge in [0.2, 0.25) is 0 Å². The fourth-order valence-corrected chi connectivity index (χ4v) is 11.7. The highest BCUT2D eigenvalue weighted by Gasteiger charge is 2.50. The van der Waals surface area contributed by atoms with E-state index in [0.717, 1.165) is 104 Å². The van der Waals surface area contributed by atoms with Gasteiger partial charge in [-0.3, -0.25) is 14.4 Å². The molecule has 2 aromatic rings. The molecule has 2 unspecified atom stereocenters. The number of rotatable bonds is 7. The summed E-state index contributed by atoms with van der Waals surface area (Å²) in [5.41, 5.74) is 9.04. The van der Waals surface area contributed by atoms with Gasteiger partial charge in [-0.15, -0.1) is 0 Å². The molecule has 10 rings (SSSR count). The van der Waals surface area contributed by atoms with E-state index in [-0.39, 0.29) is 36.2 Å². The van der Waals surface area contributed by atoms with E-state index in [0.29, 0.717) is 38.4 Å². The fraction of sp³-hybridized carbons (Fsp3) is 0.647. The number of carbonyl (C=O) groups excluding carboxylic acids is 3. The molecule has 8 aliphatic heterocycles. The Morgan fingerprint density at radius 3 is 1.80 bits per heavy atom. The van der Waals surface area contributed by atoms with Gasteiger partial charge >= 0.3 is 6.09 Å². The van der Waals surface area contributed by atoms with Crippen molar-refractivity contribution in [2.24, 2.45) is 10.2 Å². The Labute approximate surface area is 419 Å². The van der Waals surface area contributed by atoms with E-state index in [4.69, 9.17) is 28.8 Å². The molecule has 0 saturated carbocycles. The molecule has 0 radical (unpaired) electrons. The maximum Gasteiger partial charge on any atom is 0.410 e. The topological polar surface area (TPSA) is 194 Å². The first-order valence-electron chi connectivity index (χ1n) is 25.4. The molecule has 4 saturated heterocycles. The second-order valence-electron chi connectivity index (χ2n) is 22.5. The van der Waals surface area contributed by atoms with Crippen LogP contribution in [0.2, 0.25) is 25.7 Å². The Bertz CT molecular complexity index is 2430. The lowest BCUT2D eigenvalue weighted by Gasteiger charge is -2.58. The van der Waals surface area contributed by atoms with Gasteiger partial charge in [-0.25, -0.2) is 15.2 Å². The van der Waals surface area contributed by atoms with Crippen LogP contribution in [0.1, 0.15) is 91.2 Å². The minimum Gasteiger partial charge on any atom is -0.483 e. The minimum atomic E-state index is -1.21. The summed E-state index contributed by atoms with van der Waals surface area (Å²) in [5, 5.41) is 21.2. The Morgan fingerprint density at radius 2 is 1.30 bits per heavy atom. The third-order valence-corrected chi connectivity index (χ3v) is 16.8. The molecule has 19 nitrogen and oxygen atoms in total. The normalized spacial score (nSPS) is 22.7. The predicted octanol–water partition coefficient (Wildman–Crippen LogP) is 6.48. The van der Waals surface area contributed by atoms with Gasteiger partial charge in [-0.1, -0.05) is 19.6 Å². The molecular formula is C51H76N10O9Si. The molecule has 71 heavy (non-hydrogen) atoms. The van der Waals surface area contributed by atoms with Crippen molar-refractivity contribution in [2.45, 2.75) is 148 Å². The zero-order valence-corrected chi connectivity index (χ0v) is 44.8. The summed E-state index contributed by atoms with van der Waals surface area (Å²) < 4.78 is 23.5. The molecule has 0 aliphatic carbocycles. The Morgan fingerprint density at radius 1 is 0.789 bits per heavy atom. The summed E-state index contributed by atoms with van der Waals surface area (Å²) in [6.07, 6.45) is 6.31. The summed E-state index contributed by atoms with van der Waals surface area (Å²) in [6.45, 7) is 28.9. The van der Waals surface area contributed by atoms with Crippen LogP contribution in [0, 0.1) is 13.8 Å². The molecule has 2 spiro atoms. The molecule has 2 atom stereocenters. The van der Waals surface area contributed by atoms with Gasteiger partial charge in [0, 0.05) is 70.2 Å². The van der Waals surface area contributed by atoms with Crippen LogP contribution in [-0.4, -0.2) is 153 Å². The molecule has 0 bridgehead atoms. The first-order valence-corrected chi connectivity index (χ1v) is 29.1. The maximum atomic E-state index is 13.4. The molecule has 20 heteroatoms. The number of aryl methyl sites for hydroxylation is 2. The first-order chi connectivity index (χ1) is 33.5. The molecule has 0 aromatic heterocycles. The summed E-state index contributed by atoms with van der Waals surface area (Å²) in [7, 11) is -1.21. The van der Waals surface area contributed by atoms with E-state index < -0.39 is 25.7 Å². The minimum absolute atomic E-state index is 0.0251. The third-order valence-electron chi connectivity index (χ3n) is 15.1. The molecule has 2 aromatic carbocycles. The van der Waals surface area contributed by atoms with Crippen LogP contribution in [0.4, 0.5) is 27.5 Å². The summed E-state index contributed by atoms with van der Waals surface area (Å²) in [6, 6.07) is 8.93. The monoisotopic (exact) mass is 1000 g/mol. The van der Waals surface area contributed by atoms with Gasteiger partial charge < -0.3 is 53.9 Å². The first kappa shape index (κ1) is 51.7. The summed E-state index contributed by atoms with van der Waals surface area (Å²) >= 11 is 0. The maximum absolute atomic E-state index is 13.4. The van der Waals surface area contributed by atoms with Crippen molar-refractivity contribution in [3.63, 3.8) is 0 Å². The molecule has 388 valence electrons. The van der Waals surface area contributed by atoms with Crippen LogP contribution < -0.4 is 39.8 Å². The van der Waals surface area contributed by atoms with Crippen LogP contribution in [0.5, 0.6) is 11.5 Å². The van der Waals surface area contributed by atoms with Crippen LogP contribution >= 0.6 is 0 Å². The van der Waals surface area contributed by atoms with Crippen molar-refractivity contribution < 1.29 is 43.2 Å². The number of benzene rings is 2.